The quantitative estimate of drug-likeness (QED) is 0.116. The van der Waals surface area contributed by atoms with Crippen molar-refractivity contribution < 1.29 is 27.1 Å². The summed E-state index contributed by atoms with van der Waals surface area (Å²) in [6.07, 6.45) is -3.82. The molecule has 0 bridgehead atoms. The number of ether oxygens (including phenoxy) is 1. The van der Waals surface area contributed by atoms with Crippen molar-refractivity contribution >= 4 is 62.1 Å². The lowest BCUT2D eigenvalue weighted by molar-refractivity contribution is -0.189. The zero-order chi connectivity index (χ0) is 31.2. The van der Waals surface area contributed by atoms with Crippen LogP contribution in [0.4, 0.5) is 23.5 Å². The van der Waals surface area contributed by atoms with Crippen molar-refractivity contribution in [3.05, 3.63) is 86.7 Å². The molecule has 2 aromatic heterocycles. The first-order chi connectivity index (χ1) is 21.0. The van der Waals surface area contributed by atoms with Crippen LogP contribution in [-0.4, -0.2) is 57.7 Å². The molecule has 1 aliphatic heterocycles. The van der Waals surface area contributed by atoms with Crippen molar-refractivity contribution in [1.82, 2.24) is 24.6 Å². The summed E-state index contributed by atoms with van der Waals surface area (Å²) in [5.74, 6) is -3.02. The molecule has 0 amide bonds. The molecule has 0 atom stereocenters. The number of piperazine rings is 1. The second kappa shape index (κ2) is 12.0. The van der Waals surface area contributed by atoms with Gasteiger partial charge in [-0.05, 0) is 54.1 Å². The smallest absolute Gasteiger partial charge is 0.417 e. The molecule has 3 aromatic carbocycles. The van der Waals surface area contributed by atoms with Crippen LogP contribution >= 0.6 is 39.1 Å². The van der Waals surface area contributed by atoms with E-state index in [1.807, 2.05) is 9.47 Å². The lowest BCUT2D eigenvalue weighted by Gasteiger charge is -2.29. The Morgan fingerprint density at radius 2 is 1.75 bits per heavy atom. The summed E-state index contributed by atoms with van der Waals surface area (Å²) < 4.78 is 63.4. The van der Waals surface area contributed by atoms with Gasteiger partial charge in [-0.1, -0.05) is 45.2 Å². The third-order valence-corrected chi connectivity index (χ3v) is 8.15. The minimum atomic E-state index is -5.28. The molecule has 0 aliphatic carbocycles. The van der Waals surface area contributed by atoms with Crippen LogP contribution in [0.25, 0.3) is 28.0 Å². The van der Waals surface area contributed by atoms with Gasteiger partial charge in [-0.15, -0.1) is 0 Å². The van der Waals surface area contributed by atoms with E-state index in [1.165, 1.54) is 29.1 Å². The molecule has 0 radical (unpaired) electrons. The third-order valence-electron chi connectivity index (χ3n) is 7.05. The summed E-state index contributed by atoms with van der Waals surface area (Å²) in [4.78, 5) is 19.1. The number of aromatic nitrogens is 4. The van der Waals surface area contributed by atoms with Crippen LogP contribution in [0.1, 0.15) is 5.56 Å². The molecule has 6 rings (SSSR count). The summed E-state index contributed by atoms with van der Waals surface area (Å²) in [6.45, 7) is 2.69. The van der Waals surface area contributed by atoms with Crippen LogP contribution in [0.15, 0.2) is 65.3 Å². The van der Waals surface area contributed by atoms with Gasteiger partial charge in [0.1, 0.15) is 11.3 Å². The molecule has 1 N–H and O–H groups in total. The van der Waals surface area contributed by atoms with Gasteiger partial charge in [-0.3, -0.25) is 0 Å². The van der Waals surface area contributed by atoms with Gasteiger partial charge in [0.25, 0.3) is 0 Å². The SMILES string of the molecule is O=C(Oc1c(Cl)cc2c(nc(N3CCNCC3)n2Cc2ccc(F)c(Cl)c2)c1-c1ccnn1-c1ccc(Br)cc1)C(F)(F)F. The Morgan fingerprint density at radius 1 is 1.02 bits per heavy atom. The van der Waals surface area contributed by atoms with Gasteiger partial charge < -0.3 is 19.5 Å². The number of hydrogen-bond acceptors (Lipinski definition) is 6. The van der Waals surface area contributed by atoms with Gasteiger partial charge in [-0.25, -0.2) is 18.9 Å². The molecule has 0 unspecified atom stereocenters. The monoisotopic (exact) mass is 710 g/mol. The van der Waals surface area contributed by atoms with Gasteiger partial charge >= 0.3 is 12.1 Å². The highest BCUT2D eigenvalue weighted by molar-refractivity contribution is 9.10. The summed E-state index contributed by atoms with van der Waals surface area (Å²) in [5.41, 5.74) is 2.22. The van der Waals surface area contributed by atoms with Crippen LogP contribution in [-0.2, 0) is 11.3 Å². The van der Waals surface area contributed by atoms with E-state index in [4.69, 9.17) is 32.9 Å². The largest absolute Gasteiger partial charge is 0.491 e. The average Bonchev–Trinajstić information content (AvgIpc) is 3.61. The average molecular weight is 712 g/mol. The van der Waals surface area contributed by atoms with Crippen LogP contribution in [0, 0.1) is 5.82 Å². The predicted octanol–water partition coefficient (Wildman–Crippen LogP) is 7.02. The number of benzene rings is 3. The van der Waals surface area contributed by atoms with Crippen molar-refractivity contribution in [2.45, 2.75) is 12.7 Å². The molecule has 1 saturated heterocycles. The number of alkyl halides is 3. The fourth-order valence-electron chi connectivity index (χ4n) is 5.05. The minimum Gasteiger partial charge on any atom is -0.417 e. The van der Waals surface area contributed by atoms with E-state index in [9.17, 15) is 22.4 Å². The molecular weight excluding hydrogens is 691 g/mol. The Balaban J connectivity index is 1.63. The minimum absolute atomic E-state index is 0.0396. The molecule has 8 nitrogen and oxygen atoms in total. The molecule has 1 fully saturated rings. The van der Waals surface area contributed by atoms with Crippen LogP contribution in [0.2, 0.25) is 10.0 Å². The number of nitrogens with one attached hydrogen (secondary N) is 1. The van der Waals surface area contributed by atoms with Crippen molar-refractivity contribution in [2.75, 3.05) is 31.1 Å². The Labute approximate surface area is 266 Å². The second-order valence-corrected chi connectivity index (χ2v) is 11.6. The molecule has 3 heterocycles. The van der Waals surface area contributed by atoms with Crippen molar-refractivity contribution in [3.8, 4) is 22.7 Å². The zero-order valence-corrected chi connectivity index (χ0v) is 25.6. The van der Waals surface area contributed by atoms with Gasteiger partial charge in [0.05, 0.1) is 45.2 Å². The topological polar surface area (TPSA) is 77.2 Å². The van der Waals surface area contributed by atoms with Crippen LogP contribution in [0.5, 0.6) is 5.75 Å². The molecule has 0 spiro atoms. The first-order valence-electron chi connectivity index (χ1n) is 13.2. The Hall–Kier alpha value is -3.65. The van der Waals surface area contributed by atoms with Gasteiger partial charge in [0, 0.05) is 30.7 Å². The third kappa shape index (κ3) is 5.88. The fourth-order valence-corrected chi connectivity index (χ4v) is 5.75. The van der Waals surface area contributed by atoms with E-state index in [1.54, 1.807) is 36.4 Å². The molecule has 15 heteroatoms. The summed E-state index contributed by atoms with van der Waals surface area (Å²) >= 11 is 16.1. The number of nitrogens with zero attached hydrogens (tertiary/aromatic N) is 5. The lowest BCUT2D eigenvalue weighted by Crippen LogP contribution is -2.44. The van der Waals surface area contributed by atoms with Crippen molar-refractivity contribution in [1.29, 1.82) is 0 Å². The molecular formula is C29H21BrCl2F4N6O2. The van der Waals surface area contributed by atoms with E-state index in [0.717, 1.165) is 4.47 Å². The van der Waals surface area contributed by atoms with E-state index < -0.39 is 23.7 Å². The molecule has 5 aromatic rings. The number of imidazole rings is 1. The Kier molecular flexibility index (Phi) is 8.31. The normalized spacial score (nSPS) is 13.9. The van der Waals surface area contributed by atoms with E-state index in [2.05, 4.69) is 26.3 Å². The van der Waals surface area contributed by atoms with Crippen LogP contribution < -0.4 is 15.0 Å². The van der Waals surface area contributed by atoms with E-state index in [-0.39, 0.29) is 33.4 Å². The highest BCUT2D eigenvalue weighted by Gasteiger charge is 2.42. The number of halogens is 7. The maximum atomic E-state index is 14.0. The molecule has 0 saturated carbocycles. The Morgan fingerprint density at radius 3 is 2.43 bits per heavy atom. The summed E-state index contributed by atoms with van der Waals surface area (Å²) in [7, 11) is 0. The lowest BCUT2D eigenvalue weighted by atomic mass is 10.1. The summed E-state index contributed by atoms with van der Waals surface area (Å²) in [6, 6.07) is 14.4. The van der Waals surface area contributed by atoms with Crippen molar-refractivity contribution in [2.24, 2.45) is 0 Å². The number of hydrogen-bond donors (Lipinski definition) is 1. The first-order valence-corrected chi connectivity index (χ1v) is 14.8. The number of esters is 1. The zero-order valence-electron chi connectivity index (χ0n) is 22.5. The Bertz CT molecular complexity index is 1870. The van der Waals surface area contributed by atoms with E-state index >= 15 is 0 Å². The summed E-state index contributed by atoms with van der Waals surface area (Å²) in [5, 5.41) is 7.36. The van der Waals surface area contributed by atoms with Gasteiger partial charge in [0.15, 0.2) is 5.75 Å². The van der Waals surface area contributed by atoms with Gasteiger partial charge in [-0.2, -0.15) is 18.3 Å². The maximum Gasteiger partial charge on any atom is 0.491 e. The fraction of sp³-hybridized carbons (Fsp3) is 0.207. The number of anilines is 1. The van der Waals surface area contributed by atoms with Crippen LogP contribution in [0.3, 0.4) is 0 Å². The number of carbonyl (C=O) groups is 1. The second-order valence-electron chi connectivity index (χ2n) is 9.91. The van der Waals surface area contributed by atoms with E-state index in [0.29, 0.717) is 48.9 Å². The molecule has 1 aliphatic rings. The number of carbonyl (C=O) groups excluding carboxylic acids is 1. The number of fused-ring (bicyclic) bond motifs is 1. The first kappa shape index (κ1) is 30.4. The molecule has 228 valence electrons. The highest BCUT2D eigenvalue weighted by Crippen LogP contribution is 2.45. The maximum absolute atomic E-state index is 14.0. The molecule has 44 heavy (non-hydrogen) atoms. The standard InChI is InChI=1S/C29H21BrCl2F4N6O2/c30-17-2-4-18(5-3-17)42-22(7-8-38-42)24-25-23(14-20(32)26(24)44-27(43)29(34,35)36)41(15-16-1-6-21(33)19(31)13-16)28(39-25)40-11-9-37-10-12-40/h1-8,13-14,37H,9-12,15H2. The highest BCUT2D eigenvalue weighted by atomic mass is 79.9. The number of rotatable bonds is 6. The van der Waals surface area contributed by atoms with Crippen molar-refractivity contribution in [3.63, 3.8) is 0 Å². The van der Waals surface area contributed by atoms with Gasteiger partial charge in [0.2, 0.25) is 5.95 Å². The predicted molar refractivity (Wildman–Crippen MR) is 162 cm³/mol.